The Labute approximate surface area is 129 Å². The number of urea groups is 1. The first-order valence-corrected chi connectivity index (χ1v) is 6.90. The molecule has 0 aliphatic carbocycles. The average molecular weight is 299 g/mol. The van der Waals surface area contributed by atoms with Crippen molar-refractivity contribution in [3.63, 3.8) is 0 Å². The van der Waals surface area contributed by atoms with E-state index in [-0.39, 0.29) is 5.82 Å². The topological polar surface area (TPSA) is 53.5 Å². The van der Waals surface area contributed by atoms with Gasteiger partial charge in [0.25, 0.3) is 0 Å². The normalized spacial score (nSPS) is 10.7. The smallest absolute Gasteiger partial charge is 0.306 e. The number of amides is 2. The Morgan fingerprint density at radius 3 is 2.41 bits per heavy atom. The highest BCUT2D eigenvalue weighted by Crippen LogP contribution is 2.18. The first-order valence-electron chi connectivity index (χ1n) is 6.90. The molecule has 5 heteroatoms. The molecule has 0 unspecified atom stereocenters. The van der Waals surface area contributed by atoms with Gasteiger partial charge in [-0.2, -0.15) is 5.10 Å². The number of hydrogen-bond acceptors (Lipinski definition) is 2. The lowest BCUT2D eigenvalue weighted by Crippen LogP contribution is -2.25. The van der Waals surface area contributed by atoms with E-state index in [1.165, 1.54) is 12.3 Å². The molecule has 0 aliphatic rings. The molecule has 0 saturated heterocycles. The predicted octanol–water partition coefficient (Wildman–Crippen LogP) is 3.91. The molecule has 22 heavy (non-hydrogen) atoms. The summed E-state index contributed by atoms with van der Waals surface area (Å²) in [7, 11) is 0. The van der Waals surface area contributed by atoms with Crippen LogP contribution in [0.25, 0.3) is 0 Å². The number of nitrogens with one attached hydrogen (secondary N) is 2. The summed E-state index contributed by atoms with van der Waals surface area (Å²) in [6.45, 7) is 5.52. The van der Waals surface area contributed by atoms with Crippen molar-refractivity contribution in [2.75, 3.05) is 5.32 Å². The van der Waals surface area contributed by atoms with Gasteiger partial charge in [0.1, 0.15) is 5.82 Å². The van der Waals surface area contributed by atoms with E-state index in [2.05, 4.69) is 15.8 Å². The Kier molecular flexibility index (Phi) is 4.88. The molecule has 0 aromatic heterocycles. The van der Waals surface area contributed by atoms with Crippen molar-refractivity contribution < 1.29 is 9.18 Å². The van der Waals surface area contributed by atoms with Crippen molar-refractivity contribution in [1.29, 1.82) is 0 Å². The monoisotopic (exact) mass is 299 g/mol. The van der Waals surface area contributed by atoms with Crippen molar-refractivity contribution in [2.24, 2.45) is 5.10 Å². The van der Waals surface area contributed by atoms with Gasteiger partial charge in [-0.3, -0.25) is 0 Å². The largest absolute Gasteiger partial charge is 0.339 e. The first kappa shape index (κ1) is 15.7. The van der Waals surface area contributed by atoms with Gasteiger partial charge in [-0.1, -0.05) is 30.3 Å². The van der Waals surface area contributed by atoms with E-state index >= 15 is 0 Å². The zero-order valence-corrected chi connectivity index (χ0v) is 12.8. The zero-order chi connectivity index (χ0) is 16.1. The van der Waals surface area contributed by atoms with Crippen LogP contribution in [0.1, 0.15) is 22.3 Å². The van der Waals surface area contributed by atoms with Crippen LogP contribution in [0.2, 0.25) is 0 Å². The van der Waals surface area contributed by atoms with Crippen molar-refractivity contribution >= 4 is 17.9 Å². The Morgan fingerprint density at radius 1 is 1.09 bits per heavy atom. The van der Waals surface area contributed by atoms with E-state index in [0.717, 1.165) is 16.8 Å². The number of benzene rings is 2. The Balaban J connectivity index is 1.98. The second kappa shape index (κ2) is 6.85. The van der Waals surface area contributed by atoms with Crippen LogP contribution in [0.15, 0.2) is 41.5 Å². The number of rotatable bonds is 3. The molecule has 0 atom stereocenters. The minimum absolute atomic E-state index is 0.302. The molecule has 2 aromatic rings. The number of aryl methyl sites for hydroxylation is 3. The molecule has 114 valence electrons. The Bertz CT molecular complexity index is 706. The van der Waals surface area contributed by atoms with Crippen LogP contribution in [0.5, 0.6) is 0 Å². The maximum atomic E-state index is 13.4. The molecule has 2 amide bonds. The van der Waals surface area contributed by atoms with Crippen molar-refractivity contribution in [2.45, 2.75) is 20.8 Å². The van der Waals surface area contributed by atoms with E-state index in [1.54, 1.807) is 19.1 Å². The van der Waals surface area contributed by atoms with E-state index in [9.17, 15) is 9.18 Å². The minimum atomic E-state index is -0.443. The summed E-state index contributed by atoms with van der Waals surface area (Å²) in [6.07, 6.45) is 1.40. The van der Waals surface area contributed by atoms with Gasteiger partial charge in [-0.25, -0.2) is 14.6 Å². The number of hydrogen-bond donors (Lipinski definition) is 2. The summed E-state index contributed by atoms with van der Waals surface area (Å²) < 4.78 is 13.4. The third-order valence-electron chi connectivity index (χ3n) is 3.30. The van der Waals surface area contributed by atoms with Crippen molar-refractivity contribution in [3.05, 3.63) is 64.5 Å². The third-order valence-corrected chi connectivity index (χ3v) is 3.30. The fraction of sp³-hybridized carbons (Fsp3) is 0.176. The number of hydrazone groups is 1. The van der Waals surface area contributed by atoms with Crippen LogP contribution < -0.4 is 10.7 Å². The molecule has 0 saturated carbocycles. The second-order valence-corrected chi connectivity index (χ2v) is 5.10. The van der Waals surface area contributed by atoms with Crippen LogP contribution in [0, 0.1) is 26.6 Å². The molecule has 2 aromatic carbocycles. The molecule has 0 bridgehead atoms. The molecule has 0 radical (unpaired) electrons. The summed E-state index contributed by atoms with van der Waals surface area (Å²) in [5.41, 5.74) is 6.22. The lowest BCUT2D eigenvalue weighted by atomic mass is 10.1. The van der Waals surface area contributed by atoms with Gasteiger partial charge in [0, 0.05) is 5.69 Å². The molecular weight excluding hydrogens is 281 g/mol. The summed E-state index contributed by atoms with van der Waals surface area (Å²) in [4.78, 5) is 11.8. The first-order chi connectivity index (χ1) is 10.5. The van der Waals surface area contributed by atoms with Crippen LogP contribution in [0.3, 0.4) is 0 Å². The quantitative estimate of drug-likeness (QED) is 0.655. The predicted molar refractivity (Wildman–Crippen MR) is 86.8 cm³/mol. The molecule has 0 fully saturated rings. The van der Waals surface area contributed by atoms with E-state index in [0.29, 0.717) is 11.1 Å². The van der Waals surface area contributed by atoms with Gasteiger partial charge in [0.15, 0.2) is 0 Å². The fourth-order valence-corrected chi connectivity index (χ4v) is 2.01. The van der Waals surface area contributed by atoms with E-state index in [4.69, 9.17) is 0 Å². The average Bonchev–Trinajstić information content (AvgIpc) is 2.47. The lowest BCUT2D eigenvalue weighted by molar-refractivity contribution is 0.252. The number of anilines is 1. The highest BCUT2D eigenvalue weighted by atomic mass is 19.1. The maximum Gasteiger partial charge on any atom is 0.339 e. The number of carbonyl (C=O) groups excluding carboxylic acids is 1. The van der Waals surface area contributed by atoms with Crippen LogP contribution in [-0.2, 0) is 0 Å². The third kappa shape index (κ3) is 3.91. The molecule has 0 heterocycles. The van der Waals surface area contributed by atoms with E-state index in [1.807, 2.05) is 32.0 Å². The molecular formula is C17H18FN3O. The second-order valence-electron chi connectivity index (χ2n) is 5.10. The number of carbonyl (C=O) groups is 1. The number of para-hydroxylation sites is 1. The summed E-state index contributed by atoms with van der Waals surface area (Å²) in [6, 6.07) is 10.1. The zero-order valence-electron chi connectivity index (χ0n) is 12.8. The van der Waals surface area contributed by atoms with Gasteiger partial charge in [-0.05, 0) is 49.1 Å². The lowest BCUT2D eigenvalue weighted by Gasteiger charge is -2.10. The number of nitrogens with zero attached hydrogens (tertiary/aromatic N) is 1. The van der Waals surface area contributed by atoms with Crippen LogP contribution >= 0.6 is 0 Å². The Hall–Kier alpha value is -2.69. The molecule has 2 rings (SSSR count). The van der Waals surface area contributed by atoms with Crippen LogP contribution in [0.4, 0.5) is 14.9 Å². The van der Waals surface area contributed by atoms with Crippen molar-refractivity contribution in [3.8, 4) is 0 Å². The highest BCUT2D eigenvalue weighted by Gasteiger charge is 2.05. The molecule has 0 aliphatic heterocycles. The van der Waals surface area contributed by atoms with Gasteiger partial charge in [-0.15, -0.1) is 0 Å². The van der Waals surface area contributed by atoms with Crippen LogP contribution in [-0.4, -0.2) is 12.2 Å². The van der Waals surface area contributed by atoms with Gasteiger partial charge in [0.2, 0.25) is 0 Å². The molecule has 4 nitrogen and oxygen atoms in total. The minimum Gasteiger partial charge on any atom is -0.306 e. The molecule has 2 N–H and O–H groups in total. The standard InChI is InChI=1S/C17H18FN3O/c1-11-7-8-14(9-15(11)18)10-19-21-17(22)20-16-12(2)5-4-6-13(16)3/h4-10H,1-3H3,(H2,20,21,22). The van der Waals surface area contributed by atoms with Gasteiger partial charge < -0.3 is 5.32 Å². The van der Waals surface area contributed by atoms with Crippen molar-refractivity contribution in [1.82, 2.24) is 5.43 Å². The molecule has 0 spiro atoms. The summed E-state index contributed by atoms with van der Waals surface area (Å²) in [5, 5.41) is 6.56. The SMILES string of the molecule is Cc1ccc(C=NNC(=O)Nc2c(C)cccc2C)cc1F. The summed E-state index contributed by atoms with van der Waals surface area (Å²) in [5.74, 6) is -0.302. The Morgan fingerprint density at radius 2 is 1.77 bits per heavy atom. The highest BCUT2D eigenvalue weighted by molar-refractivity contribution is 5.91. The maximum absolute atomic E-state index is 13.4. The fourth-order valence-electron chi connectivity index (χ4n) is 2.01. The number of halogens is 1. The van der Waals surface area contributed by atoms with Gasteiger partial charge in [0.05, 0.1) is 6.21 Å². The van der Waals surface area contributed by atoms with E-state index < -0.39 is 6.03 Å². The summed E-state index contributed by atoms with van der Waals surface area (Å²) >= 11 is 0. The van der Waals surface area contributed by atoms with Gasteiger partial charge >= 0.3 is 6.03 Å².